The zero-order chi connectivity index (χ0) is 13.1. The Hall–Kier alpha value is -0.930. The van der Waals surface area contributed by atoms with E-state index < -0.39 is 0 Å². The molecule has 0 aliphatic carbocycles. The van der Waals surface area contributed by atoms with E-state index in [1.807, 2.05) is 12.1 Å². The zero-order valence-corrected chi connectivity index (χ0v) is 12.0. The van der Waals surface area contributed by atoms with Gasteiger partial charge in [-0.1, -0.05) is 18.5 Å². The first-order valence-corrected chi connectivity index (χ1v) is 6.87. The summed E-state index contributed by atoms with van der Waals surface area (Å²) in [6.45, 7) is 6.48. The van der Waals surface area contributed by atoms with Crippen molar-refractivity contribution in [3.63, 3.8) is 0 Å². The third kappa shape index (κ3) is 2.73. The molecule has 2 unspecified atom stereocenters. The van der Waals surface area contributed by atoms with E-state index in [2.05, 4.69) is 30.1 Å². The Morgan fingerprint density at radius 1 is 1.50 bits per heavy atom. The summed E-state index contributed by atoms with van der Waals surface area (Å²) in [4.78, 5) is 2.44. The molecule has 0 spiro atoms. The number of halogens is 1. The van der Waals surface area contributed by atoms with Gasteiger partial charge in [0, 0.05) is 30.9 Å². The molecule has 0 aromatic heterocycles. The highest BCUT2D eigenvalue weighted by Gasteiger charge is 2.24. The van der Waals surface area contributed by atoms with Gasteiger partial charge in [-0.25, -0.2) is 0 Å². The first kappa shape index (κ1) is 13.5. The molecule has 1 aromatic carbocycles. The number of hydrogen-bond donors (Lipinski definition) is 1. The van der Waals surface area contributed by atoms with Crippen molar-refractivity contribution in [2.75, 3.05) is 25.1 Å². The molecule has 0 bridgehead atoms. The topological polar surface area (TPSA) is 24.5 Å². The molecule has 1 fully saturated rings. The van der Waals surface area contributed by atoms with Gasteiger partial charge in [0.25, 0.3) is 0 Å². The van der Waals surface area contributed by atoms with Crippen molar-refractivity contribution in [3.8, 4) is 5.75 Å². The molecule has 18 heavy (non-hydrogen) atoms. The zero-order valence-electron chi connectivity index (χ0n) is 11.2. The van der Waals surface area contributed by atoms with Gasteiger partial charge < -0.3 is 15.0 Å². The average molecular weight is 269 g/mol. The van der Waals surface area contributed by atoms with Crippen molar-refractivity contribution in [1.29, 1.82) is 0 Å². The smallest absolute Gasteiger partial charge is 0.137 e. The Kier molecular flexibility index (Phi) is 4.36. The van der Waals surface area contributed by atoms with E-state index in [1.165, 1.54) is 5.69 Å². The molecule has 4 heteroatoms. The van der Waals surface area contributed by atoms with Gasteiger partial charge >= 0.3 is 0 Å². The molecule has 0 amide bonds. The number of piperazine rings is 1. The molecule has 1 saturated heterocycles. The van der Waals surface area contributed by atoms with Crippen molar-refractivity contribution >= 4 is 17.3 Å². The molecular weight excluding hydrogens is 248 g/mol. The van der Waals surface area contributed by atoms with Gasteiger partial charge in [0.1, 0.15) is 5.75 Å². The minimum atomic E-state index is 0.508. The Balaban J connectivity index is 2.25. The van der Waals surface area contributed by atoms with Gasteiger partial charge in [0.2, 0.25) is 0 Å². The van der Waals surface area contributed by atoms with Crippen LogP contribution < -0.4 is 15.0 Å². The second kappa shape index (κ2) is 5.81. The lowest BCUT2D eigenvalue weighted by atomic mass is 10.1. The van der Waals surface area contributed by atoms with Crippen LogP contribution in [0.4, 0.5) is 5.69 Å². The van der Waals surface area contributed by atoms with Crippen LogP contribution in [0.5, 0.6) is 5.75 Å². The van der Waals surface area contributed by atoms with Crippen LogP contribution in [-0.4, -0.2) is 32.3 Å². The largest absolute Gasteiger partial charge is 0.495 e. The average Bonchev–Trinajstić information content (AvgIpc) is 2.38. The summed E-state index contributed by atoms with van der Waals surface area (Å²) < 4.78 is 5.20. The van der Waals surface area contributed by atoms with Gasteiger partial charge in [-0.05, 0) is 31.5 Å². The predicted molar refractivity (Wildman–Crippen MR) is 76.9 cm³/mol. The number of ether oxygens (including phenoxy) is 1. The monoisotopic (exact) mass is 268 g/mol. The second-order valence-corrected chi connectivity index (χ2v) is 5.25. The first-order chi connectivity index (χ1) is 8.65. The Morgan fingerprint density at radius 2 is 2.28 bits per heavy atom. The van der Waals surface area contributed by atoms with E-state index in [0.29, 0.717) is 17.1 Å². The minimum absolute atomic E-state index is 0.508. The van der Waals surface area contributed by atoms with E-state index in [0.717, 1.165) is 25.3 Å². The van der Waals surface area contributed by atoms with Crippen molar-refractivity contribution in [1.82, 2.24) is 5.32 Å². The third-order valence-corrected chi connectivity index (χ3v) is 3.85. The van der Waals surface area contributed by atoms with Gasteiger partial charge in [0.15, 0.2) is 0 Å². The molecule has 1 N–H and O–H groups in total. The molecule has 1 aliphatic heterocycles. The van der Waals surface area contributed by atoms with Gasteiger partial charge in [-0.15, -0.1) is 0 Å². The van der Waals surface area contributed by atoms with Crippen LogP contribution in [0.2, 0.25) is 5.02 Å². The van der Waals surface area contributed by atoms with Crippen molar-refractivity contribution in [2.24, 2.45) is 0 Å². The van der Waals surface area contributed by atoms with Crippen molar-refractivity contribution < 1.29 is 4.74 Å². The second-order valence-electron chi connectivity index (χ2n) is 4.84. The number of benzene rings is 1. The van der Waals surface area contributed by atoms with E-state index in [9.17, 15) is 0 Å². The summed E-state index contributed by atoms with van der Waals surface area (Å²) in [6.07, 6.45) is 1.13. The molecule has 1 aliphatic rings. The van der Waals surface area contributed by atoms with E-state index in [-0.39, 0.29) is 0 Å². The highest BCUT2D eigenvalue weighted by molar-refractivity contribution is 6.32. The number of nitrogens with zero attached hydrogens (tertiary/aromatic N) is 1. The normalized spacial score (nSPS) is 24.1. The molecule has 0 saturated carbocycles. The van der Waals surface area contributed by atoms with Crippen LogP contribution in [0.3, 0.4) is 0 Å². The summed E-state index contributed by atoms with van der Waals surface area (Å²) in [5, 5.41) is 4.20. The van der Waals surface area contributed by atoms with E-state index in [4.69, 9.17) is 16.3 Å². The van der Waals surface area contributed by atoms with Gasteiger partial charge in [0.05, 0.1) is 12.1 Å². The highest BCUT2D eigenvalue weighted by atomic mass is 35.5. The molecule has 2 atom stereocenters. The third-order valence-electron chi connectivity index (χ3n) is 3.55. The predicted octanol–water partition coefficient (Wildman–Crippen LogP) is 2.93. The van der Waals surface area contributed by atoms with Crippen LogP contribution in [-0.2, 0) is 0 Å². The number of methoxy groups -OCH3 is 1. The lowest BCUT2D eigenvalue weighted by Crippen LogP contribution is -2.55. The van der Waals surface area contributed by atoms with Crippen LogP contribution in [0, 0.1) is 0 Å². The van der Waals surface area contributed by atoms with Gasteiger partial charge in [-0.2, -0.15) is 0 Å². The van der Waals surface area contributed by atoms with Crippen molar-refractivity contribution in [2.45, 2.75) is 32.4 Å². The SMILES string of the molecule is CCC1CNC(C)CN1c1ccc(OC)c(Cl)c1. The minimum Gasteiger partial charge on any atom is -0.495 e. The fraction of sp³-hybridized carbons (Fsp3) is 0.571. The molecule has 0 radical (unpaired) electrons. The maximum absolute atomic E-state index is 6.21. The first-order valence-electron chi connectivity index (χ1n) is 6.49. The van der Waals surface area contributed by atoms with Crippen LogP contribution in [0.15, 0.2) is 18.2 Å². The fourth-order valence-corrected chi connectivity index (χ4v) is 2.72. The number of hydrogen-bond acceptors (Lipinski definition) is 3. The summed E-state index contributed by atoms with van der Waals surface area (Å²) in [5.74, 6) is 0.733. The molecular formula is C14H21ClN2O. The van der Waals surface area contributed by atoms with Gasteiger partial charge in [-0.3, -0.25) is 0 Å². The molecule has 3 nitrogen and oxygen atoms in total. The summed E-state index contributed by atoms with van der Waals surface area (Å²) >= 11 is 6.21. The maximum atomic E-state index is 6.21. The van der Waals surface area contributed by atoms with Crippen molar-refractivity contribution in [3.05, 3.63) is 23.2 Å². The summed E-state index contributed by atoms with van der Waals surface area (Å²) in [5.41, 5.74) is 1.18. The summed E-state index contributed by atoms with van der Waals surface area (Å²) in [6, 6.07) is 7.07. The Labute approximate surface area is 114 Å². The number of anilines is 1. The lowest BCUT2D eigenvalue weighted by Gasteiger charge is -2.40. The fourth-order valence-electron chi connectivity index (χ4n) is 2.47. The number of rotatable bonds is 3. The summed E-state index contributed by atoms with van der Waals surface area (Å²) in [7, 11) is 1.64. The maximum Gasteiger partial charge on any atom is 0.137 e. The Bertz CT molecular complexity index is 411. The van der Waals surface area contributed by atoms with Crippen LogP contribution >= 0.6 is 11.6 Å². The Morgan fingerprint density at radius 3 is 2.89 bits per heavy atom. The molecule has 1 aromatic rings. The molecule has 100 valence electrons. The highest BCUT2D eigenvalue weighted by Crippen LogP contribution is 2.31. The van der Waals surface area contributed by atoms with E-state index in [1.54, 1.807) is 7.11 Å². The molecule has 2 rings (SSSR count). The van der Waals surface area contributed by atoms with Crippen LogP contribution in [0.1, 0.15) is 20.3 Å². The van der Waals surface area contributed by atoms with Crippen LogP contribution in [0.25, 0.3) is 0 Å². The standard InChI is InChI=1S/C14H21ClN2O/c1-4-11-8-16-10(2)9-17(11)12-5-6-14(18-3)13(15)7-12/h5-7,10-11,16H,4,8-9H2,1-3H3. The number of nitrogens with one attached hydrogen (secondary N) is 1. The quantitative estimate of drug-likeness (QED) is 0.912. The van der Waals surface area contributed by atoms with E-state index >= 15 is 0 Å². The molecule has 1 heterocycles. The lowest BCUT2D eigenvalue weighted by molar-refractivity contribution is 0.401.